The van der Waals surface area contributed by atoms with Crippen LogP contribution >= 0.6 is 11.6 Å². The standard InChI is InChI=1S/C18H18ClN3O/c1-23-15-6-4-5-14(12-15)22-18(11-13(21-22)9-10-20)16-7-2-3-8-17(16)19/h2-8,11-12H,9-10,20H2,1H3. The Kier molecular flexibility index (Phi) is 4.65. The van der Waals surface area contributed by atoms with Crippen molar-refractivity contribution in [1.82, 2.24) is 9.78 Å². The molecule has 0 spiro atoms. The molecule has 1 aromatic heterocycles. The summed E-state index contributed by atoms with van der Waals surface area (Å²) >= 11 is 6.37. The van der Waals surface area contributed by atoms with Crippen LogP contribution in [0.1, 0.15) is 5.69 Å². The van der Waals surface area contributed by atoms with Crippen molar-refractivity contribution in [1.29, 1.82) is 0 Å². The second-order valence-corrected chi connectivity index (χ2v) is 5.56. The molecule has 1 heterocycles. The predicted octanol–water partition coefficient (Wildman–Crippen LogP) is 3.70. The van der Waals surface area contributed by atoms with Gasteiger partial charge in [0.05, 0.1) is 24.2 Å². The molecule has 0 radical (unpaired) electrons. The third-order valence-electron chi connectivity index (χ3n) is 3.61. The van der Waals surface area contributed by atoms with Crippen molar-refractivity contribution < 1.29 is 4.74 Å². The molecule has 0 amide bonds. The van der Waals surface area contributed by atoms with Crippen LogP contribution in [0.15, 0.2) is 54.6 Å². The first-order valence-corrected chi connectivity index (χ1v) is 7.79. The van der Waals surface area contributed by atoms with Crippen molar-refractivity contribution in [3.05, 3.63) is 65.3 Å². The van der Waals surface area contributed by atoms with E-state index >= 15 is 0 Å². The van der Waals surface area contributed by atoms with Crippen LogP contribution in [0.5, 0.6) is 5.75 Å². The normalized spacial score (nSPS) is 10.7. The molecular weight excluding hydrogens is 310 g/mol. The highest BCUT2D eigenvalue weighted by Crippen LogP contribution is 2.31. The van der Waals surface area contributed by atoms with Gasteiger partial charge in [-0.3, -0.25) is 0 Å². The number of benzene rings is 2. The van der Waals surface area contributed by atoms with Gasteiger partial charge in [-0.25, -0.2) is 4.68 Å². The maximum Gasteiger partial charge on any atom is 0.121 e. The molecule has 0 unspecified atom stereocenters. The van der Waals surface area contributed by atoms with Crippen molar-refractivity contribution in [2.24, 2.45) is 5.73 Å². The summed E-state index contributed by atoms with van der Waals surface area (Å²) in [5.74, 6) is 0.781. The summed E-state index contributed by atoms with van der Waals surface area (Å²) in [5.41, 5.74) is 9.41. The molecule has 4 nitrogen and oxygen atoms in total. The molecule has 0 saturated carbocycles. The Balaban J connectivity index is 2.17. The number of halogens is 1. The fourth-order valence-corrected chi connectivity index (χ4v) is 2.73. The van der Waals surface area contributed by atoms with Gasteiger partial charge in [-0.2, -0.15) is 5.10 Å². The van der Waals surface area contributed by atoms with Gasteiger partial charge in [0.1, 0.15) is 5.75 Å². The van der Waals surface area contributed by atoms with Crippen LogP contribution in [-0.2, 0) is 6.42 Å². The number of hydrogen-bond donors (Lipinski definition) is 1. The lowest BCUT2D eigenvalue weighted by atomic mass is 10.1. The van der Waals surface area contributed by atoms with Crippen molar-refractivity contribution in [2.75, 3.05) is 13.7 Å². The average molecular weight is 328 g/mol. The van der Waals surface area contributed by atoms with Crippen molar-refractivity contribution in [3.63, 3.8) is 0 Å². The minimum absolute atomic E-state index is 0.553. The largest absolute Gasteiger partial charge is 0.497 e. The summed E-state index contributed by atoms with van der Waals surface area (Å²) in [6, 6.07) is 17.6. The fourth-order valence-electron chi connectivity index (χ4n) is 2.50. The molecule has 0 saturated heterocycles. The van der Waals surface area contributed by atoms with Crippen molar-refractivity contribution >= 4 is 11.6 Å². The predicted molar refractivity (Wildman–Crippen MR) is 93.3 cm³/mol. The number of nitrogens with zero attached hydrogens (tertiary/aromatic N) is 2. The number of rotatable bonds is 5. The second kappa shape index (κ2) is 6.86. The number of methoxy groups -OCH3 is 1. The zero-order chi connectivity index (χ0) is 16.2. The lowest BCUT2D eigenvalue weighted by Crippen LogP contribution is -2.04. The highest BCUT2D eigenvalue weighted by Gasteiger charge is 2.14. The fraction of sp³-hybridized carbons (Fsp3) is 0.167. The lowest BCUT2D eigenvalue weighted by Gasteiger charge is -2.10. The molecule has 23 heavy (non-hydrogen) atoms. The van der Waals surface area contributed by atoms with E-state index in [0.29, 0.717) is 18.0 Å². The van der Waals surface area contributed by atoms with Crippen LogP contribution < -0.4 is 10.5 Å². The Labute approximate surface area is 140 Å². The average Bonchev–Trinajstić information content (AvgIpc) is 2.99. The quantitative estimate of drug-likeness (QED) is 0.777. The Morgan fingerprint density at radius 2 is 1.96 bits per heavy atom. The topological polar surface area (TPSA) is 53.1 Å². The number of aromatic nitrogens is 2. The van der Waals surface area contributed by atoms with Crippen LogP contribution in [0.2, 0.25) is 5.02 Å². The summed E-state index contributed by atoms with van der Waals surface area (Å²) < 4.78 is 7.20. The first kappa shape index (κ1) is 15.6. The molecule has 0 aliphatic heterocycles. The lowest BCUT2D eigenvalue weighted by molar-refractivity contribution is 0.414. The van der Waals surface area contributed by atoms with Crippen molar-refractivity contribution in [2.45, 2.75) is 6.42 Å². The number of nitrogens with two attached hydrogens (primary N) is 1. The highest BCUT2D eigenvalue weighted by molar-refractivity contribution is 6.33. The van der Waals surface area contributed by atoms with Crippen LogP contribution in [-0.4, -0.2) is 23.4 Å². The first-order chi connectivity index (χ1) is 11.2. The summed E-state index contributed by atoms with van der Waals surface area (Å²) in [6.07, 6.45) is 0.717. The third-order valence-corrected chi connectivity index (χ3v) is 3.94. The minimum Gasteiger partial charge on any atom is -0.497 e. The van der Waals surface area contributed by atoms with E-state index in [1.165, 1.54) is 0 Å². The number of hydrogen-bond acceptors (Lipinski definition) is 3. The molecule has 3 aromatic rings. The van der Waals surface area contributed by atoms with Gasteiger partial charge in [0.15, 0.2) is 0 Å². The molecule has 5 heteroatoms. The third kappa shape index (κ3) is 3.23. The summed E-state index contributed by atoms with van der Waals surface area (Å²) in [4.78, 5) is 0. The smallest absolute Gasteiger partial charge is 0.121 e. The monoisotopic (exact) mass is 327 g/mol. The minimum atomic E-state index is 0.553. The van der Waals surface area contributed by atoms with E-state index < -0.39 is 0 Å². The van der Waals surface area contributed by atoms with Crippen LogP contribution in [0.3, 0.4) is 0 Å². The van der Waals surface area contributed by atoms with Crippen LogP contribution in [0.25, 0.3) is 16.9 Å². The van der Waals surface area contributed by atoms with E-state index in [-0.39, 0.29) is 0 Å². The Bertz CT molecular complexity index is 814. The molecule has 0 fully saturated rings. The van der Waals surface area contributed by atoms with Gasteiger partial charge in [-0.15, -0.1) is 0 Å². The molecule has 0 aliphatic carbocycles. The zero-order valence-electron chi connectivity index (χ0n) is 12.9. The van der Waals surface area contributed by atoms with E-state index in [9.17, 15) is 0 Å². The van der Waals surface area contributed by atoms with Gasteiger partial charge in [-0.1, -0.05) is 35.9 Å². The van der Waals surface area contributed by atoms with Gasteiger partial charge >= 0.3 is 0 Å². The molecule has 2 N–H and O–H groups in total. The second-order valence-electron chi connectivity index (χ2n) is 5.15. The molecule has 0 aliphatic rings. The summed E-state index contributed by atoms with van der Waals surface area (Å²) in [7, 11) is 1.65. The molecule has 2 aromatic carbocycles. The van der Waals surface area contributed by atoms with E-state index in [1.54, 1.807) is 7.11 Å². The Hall–Kier alpha value is -2.30. The maximum absolute atomic E-state index is 6.37. The van der Waals surface area contributed by atoms with Gasteiger partial charge in [0.25, 0.3) is 0 Å². The SMILES string of the molecule is COc1cccc(-n2nc(CCN)cc2-c2ccccc2Cl)c1. The van der Waals surface area contributed by atoms with Crippen LogP contribution in [0.4, 0.5) is 0 Å². The van der Waals surface area contributed by atoms with Crippen LogP contribution in [0, 0.1) is 0 Å². The summed E-state index contributed by atoms with van der Waals surface area (Å²) in [5, 5.41) is 5.38. The Morgan fingerprint density at radius 3 is 2.70 bits per heavy atom. The summed E-state index contributed by atoms with van der Waals surface area (Å²) in [6.45, 7) is 0.553. The van der Waals surface area contributed by atoms with Gasteiger partial charge in [0, 0.05) is 23.1 Å². The first-order valence-electron chi connectivity index (χ1n) is 7.41. The molecular formula is C18H18ClN3O. The number of ether oxygens (including phenoxy) is 1. The van der Waals surface area contributed by atoms with E-state index in [2.05, 4.69) is 5.10 Å². The maximum atomic E-state index is 6.37. The Morgan fingerprint density at radius 1 is 1.13 bits per heavy atom. The molecule has 118 valence electrons. The molecule has 0 atom stereocenters. The van der Waals surface area contributed by atoms with Gasteiger partial charge < -0.3 is 10.5 Å². The van der Waals surface area contributed by atoms with Crippen molar-refractivity contribution in [3.8, 4) is 22.7 Å². The van der Waals surface area contributed by atoms with Gasteiger partial charge in [-0.05, 0) is 30.8 Å². The van der Waals surface area contributed by atoms with Gasteiger partial charge in [0.2, 0.25) is 0 Å². The van der Waals surface area contributed by atoms with E-state index in [1.807, 2.05) is 59.3 Å². The highest BCUT2D eigenvalue weighted by atomic mass is 35.5. The zero-order valence-corrected chi connectivity index (χ0v) is 13.6. The molecule has 3 rings (SSSR count). The van der Waals surface area contributed by atoms with E-state index in [4.69, 9.17) is 22.1 Å². The molecule has 0 bridgehead atoms. The van der Waals surface area contributed by atoms with E-state index in [0.717, 1.165) is 28.4 Å².